The minimum absolute atomic E-state index is 0.0835. The first-order valence-electron chi connectivity index (χ1n) is 6.44. The third-order valence-corrected chi connectivity index (χ3v) is 2.95. The molecule has 0 heterocycles. The summed E-state index contributed by atoms with van der Waals surface area (Å²) in [6.07, 6.45) is 1.37. The summed E-state index contributed by atoms with van der Waals surface area (Å²) in [4.78, 5) is 15.3. The molecule has 0 saturated carbocycles. The normalized spacial score (nSPS) is 15.4. The molecule has 5 nitrogen and oxygen atoms in total. The average molecular weight is 262 g/mol. The van der Waals surface area contributed by atoms with Crippen LogP contribution in [0, 0.1) is 5.92 Å². The maximum Gasteiger partial charge on any atom is 0.191 e. The largest absolute Gasteiger partial charge is 0.390 e. The Morgan fingerprint density at radius 3 is 2.39 bits per heavy atom. The molecule has 0 rings (SSSR count). The number of Topliss-reactive ketones (excluding diaryl/α,β-unsaturated/α-hetero) is 1. The van der Waals surface area contributed by atoms with Crippen LogP contribution in [0.2, 0.25) is 0 Å². The fourth-order valence-corrected chi connectivity index (χ4v) is 1.76. The highest BCUT2D eigenvalue weighted by Crippen LogP contribution is 2.27. The van der Waals surface area contributed by atoms with Gasteiger partial charge >= 0.3 is 0 Å². The van der Waals surface area contributed by atoms with Crippen LogP contribution < -0.4 is 0 Å². The zero-order valence-corrected chi connectivity index (χ0v) is 11.8. The zero-order chi connectivity index (χ0) is 14.2. The molecule has 0 amide bonds. The lowest BCUT2D eigenvalue weighted by molar-refractivity contribution is -0.351. The van der Waals surface area contributed by atoms with Crippen molar-refractivity contribution in [2.24, 2.45) is 5.92 Å². The van der Waals surface area contributed by atoms with Crippen molar-refractivity contribution >= 4 is 5.78 Å². The molecule has 0 spiro atoms. The third-order valence-electron chi connectivity index (χ3n) is 2.95. The number of rotatable bonds is 10. The Morgan fingerprint density at radius 2 is 2.00 bits per heavy atom. The average Bonchev–Trinajstić information content (AvgIpc) is 2.26. The molecular formula is C13H26O5. The van der Waals surface area contributed by atoms with Gasteiger partial charge < -0.3 is 14.6 Å². The molecular weight excluding hydrogens is 236 g/mol. The standard InChI is InChI=1S/C13H26O5/c1-5-8-17-12(18-16)9-11(13(3,4)15)7-6-10(2)14/h11-12,15-16H,5-9H2,1-4H3. The van der Waals surface area contributed by atoms with Crippen molar-refractivity contribution < 1.29 is 24.8 Å². The van der Waals surface area contributed by atoms with Crippen LogP contribution in [-0.2, 0) is 14.4 Å². The first-order chi connectivity index (χ1) is 8.31. The lowest BCUT2D eigenvalue weighted by Crippen LogP contribution is -2.35. The van der Waals surface area contributed by atoms with Crippen molar-refractivity contribution in [2.75, 3.05) is 6.61 Å². The number of carbonyl (C=O) groups excluding carboxylic acids is 1. The van der Waals surface area contributed by atoms with Gasteiger partial charge in [-0.3, -0.25) is 0 Å². The molecule has 0 bridgehead atoms. The molecule has 0 fully saturated rings. The van der Waals surface area contributed by atoms with Crippen molar-refractivity contribution in [2.45, 2.75) is 65.3 Å². The van der Waals surface area contributed by atoms with Gasteiger partial charge in [-0.25, -0.2) is 10.1 Å². The highest BCUT2D eigenvalue weighted by Gasteiger charge is 2.30. The molecule has 2 atom stereocenters. The minimum Gasteiger partial charge on any atom is -0.390 e. The van der Waals surface area contributed by atoms with Crippen molar-refractivity contribution in [3.05, 3.63) is 0 Å². The molecule has 0 aromatic carbocycles. The van der Waals surface area contributed by atoms with E-state index >= 15 is 0 Å². The molecule has 0 aromatic rings. The van der Waals surface area contributed by atoms with Crippen molar-refractivity contribution in [1.29, 1.82) is 0 Å². The van der Waals surface area contributed by atoms with E-state index in [2.05, 4.69) is 4.89 Å². The zero-order valence-electron chi connectivity index (χ0n) is 11.8. The summed E-state index contributed by atoms with van der Waals surface area (Å²) in [5.41, 5.74) is -0.943. The van der Waals surface area contributed by atoms with E-state index in [0.717, 1.165) is 6.42 Å². The Kier molecular flexibility index (Phi) is 8.35. The van der Waals surface area contributed by atoms with Gasteiger partial charge in [-0.15, -0.1) is 0 Å². The summed E-state index contributed by atoms with van der Waals surface area (Å²) in [6.45, 7) is 7.33. The molecule has 2 unspecified atom stereocenters. The number of hydrogen-bond acceptors (Lipinski definition) is 5. The third kappa shape index (κ3) is 7.76. The maximum absolute atomic E-state index is 11.0. The van der Waals surface area contributed by atoms with Crippen molar-refractivity contribution in [1.82, 2.24) is 0 Å². The van der Waals surface area contributed by atoms with E-state index in [4.69, 9.17) is 9.99 Å². The molecule has 0 aliphatic rings. The quantitative estimate of drug-likeness (QED) is 0.359. The molecule has 0 aromatic heterocycles. The van der Waals surface area contributed by atoms with E-state index in [0.29, 0.717) is 25.9 Å². The Hall–Kier alpha value is -0.490. The van der Waals surface area contributed by atoms with Gasteiger partial charge in [-0.05, 0) is 39.5 Å². The summed E-state index contributed by atoms with van der Waals surface area (Å²) < 4.78 is 5.30. The highest BCUT2D eigenvalue weighted by molar-refractivity contribution is 5.75. The van der Waals surface area contributed by atoms with Crippen LogP contribution in [-0.4, -0.2) is 34.6 Å². The second kappa shape index (κ2) is 8.58. The first kappa shape index (κ1) is 17.5. The molecule has 18 heavy (non-hydrogen) atoms. The lowest BCUT2D eigenvalue weighted by Gasteiger charge is -2.31. The molecule has 0 saturated heterocycles. The van der Waals surface area contributed by atoms with E-state index in [1.807, 2.05) is 6.92 Å². The molecule has 0 aliphatic carbocycles. The fourth-order valence-electron chi connectivity index (χ4n) is 1.76. The molecule has 0 radical (unpaired) electrons. The van der Waals surface area contributed by atoms with Crippen LogP contribution in [0.15, 0.2) is 0 Å². The number of hydrogen-bond donors (Lipinski definition) is 2. The Balaban J connectivity index is 4.41. The van der Waals surface area contributed by atoms with Gasteiger partial charge in [0.2, 0.25) is 0 Å². The van der Waals surface area contributed by atoms with Crippen LogP contribution in [0.1, 0.15) is 53.4 Å². The Bertz CT molecular complexity index is 234. The lowest BCUT2D eigenvalue weighted by atomic mass is 9.84. The smallest absolute Gasteiger partial charge is 0.191 e. The summed E-state index contributed by atoms with van der Waals surface area (Å²) >= 11 is 0. The van der Waals surface area contributed by atoms with Gasteiger partial charge in [-0.2, -0.15) is 0 Å². The van der Waals surface area contributed by atoms with Gasteiger partial charge in [0.25, 0.3) is 0 Å². The molecule has 108 valence electrons. The number of carbonyl (C=O) groups is 1. The Morgan fingerprint density at radius 1 is 1.39 bits per heavy atom. The van der Waals surface area contributed by atoms with E-state index in [9.17, 15) is 9.90 Å². The predicted molar refractivity (Wildman–Crippen MR) is 68.1 cm³/mol. The van der Waals surface area contributed by atoms with Crippen LogP contribution in [0.3, 0.4) is 0 Å². The second-order valence-corrected chi connectivity index (χ2v) is 5.23. The summed E-state index contributed by atoms with van der Waals surface area (Å²) in [7, 11) is 0. The highest BCUT2D eigenvalue weighted by atomic mass is 17.1. The van der Waals surface area contributed by atoms with E-state index < -0.39 is 11.9 Å². The topological polar surface area (TPSA) is 76.0 Å². The van der Waals surface area contributed by atoms with E-state index in [-0.39, 0.29) is 11.7 Å². The molecule has 0 aliphatic heterocycles. The number of aliphatic hydroxyl groups is 1. The summed E-state index contributed by atoms with van der Waals surface area (Å²) in [5.74, 6) is -0.0874. The first-order valence-corrected chi connectivity index (χ1v) is 6.44. The van der Waals surface area contributed by atoms with E-state index in [1.165, 1.54) is 6.92 Å². The minimum atomic E-state index is -0.943. The van der Waals surface area contributed by atoms with Crippen molar-refractivity contribution in [3.63, 3.8) is 0 Å². The summed E-state index contributed by atoms with van der Waals surface area (Å²) in [6, 6.07) is 0. The van der Waals surface area contributed by atoms with E-state index in [1.54, 1.807) is 13.8 Å². The second-order valence-electron chi connectivity index (χ2n) is 5.23. The number of ether oxygens (including phenoxy) is 1. The predicted octanol–water partition coefficient (Wildman–Crippen LogP) is 2.38. The Labute approximate surface area is 109 Å². The van der Waals surface area contributed by atoms with Gasteiger partial charge in [0, 0.05) is 19.4 Å². The van der Waals surface area contributed by atoms with Gasteiger partial charge in [0.15, 0.2) is 6.29 Å². The van der Waals surface area contributed by atoms with Crippen LogP contribution in [0.25, 0.3) is 0 Å². The van der Waals surface area contributed by atoms with Crippen LogP contribution in [0.5, 0.6) is 0 Å². The van der Waals surface area contributed by atoms with Gasteiger partial charge in [0.1, 0.15) is 5.78 Å². The van der Waals surface area contributed by atoms with Gasteiger partial charge in [-0.1, -0.05) is 6.92 Å². The van der Waals surface area contributed by atoms with Crippen LogP contribution >= 0.6 is 0 Å². The van der Waals surface area contributed by atoms with Gasteiger partial charge in [0.05, 0.1) is 5.60 Å². The summed E-state index contributed by atoms with van der Waals surface area (Å²) in [5, 5.41) is 18.8. The molecule has 2 N–H and O–H groups in total. The maximum atomic E-state index is 11.0. The monoisotopic (exact) mass is 262 g/mol. The fraction of sp³-hybridized carbons (Fsp3) is 0.923. The SMILES string of the molecule is CCCOC(CC(CCC(C)=O)C(C)(C)O)OO. The van der Waals surface area contributed by atoms with Crippen LogP contribution in [0.4, 0.5) is 0 Å². The van der Waals surface area contributed by atoms with Crippen molar-refractivity contribution in [3.8, 4) is 0 Å². The number of ketones is 1. The molecule has 5 heteroatoms.